The molecule has 1 fully saturated rings. The summed E-state index contributed by atoms with van der Waals surface area (Å²) in [6.07, 6.45) is -1.60. The molecule has 1 N–H and O–H groups in total. The molecule has 8 heteroatoms. The van der Waals surface area contributed by atoms with E-state index in [0.717, 1.165) is 17.7 Å². The number of hydrogen-bond acceptors (Lipinski definition) is 5. The summed E-state index contributed by atoms with van der Waals surface area (Å²) in [4.78, 5) is -0.571. The van der Waals surface area contributed by atoms with Crippen LogP contribution in [0.4, 0.5) is 8.78 Å². The van der Waals surface area contributed by atoms with Crippen molar-refractivity contribution in [2.75, 3.05) is 0 Å². The van der Waals surface area contributed by atoms with Crippen molar-refractivity contribution >= 4 is 9.84 Å². The van der Waals surface area contributed by atoms with Gasteiger partial charge in [0.2, 0.25) is 9.84 Å². The summed E-state index contributed by atoms with van der Waals surface area (Å²) in [5.74, 6) is -1.25. The van der Waals surface area contributed by atoms with E-state index in [4.69, 9.17) is 9.47 Å². The predicted octanol–water partition coefficient (Wildman–Crippen LogP) is 3.68. The highest BCUT2D eigenvalue weighted by atomic mass is 32.2. The van der Waals surface area contributed by atoms with Gasteiger partial charge in [0.1, 0.15) is 12.2 Å². The largest absolute Gasteiger partial charge is 0.380 e. The molecule has 1 aliphatic heterocycles. The van der Waals surface area contributed by atoms with E-state index in [1.807, 2.05) is 0 Å². The van der Waals surface area contributed by atoms with Crippen molar-refractivity contribution in [2.24, 2.45) is 0 Å². The molecule has 0 saturated carbocycles. The highest BCUT2D eigenvalue weighted by Gasteiger charge is 2.68. The summed E-state index contributed by atoms with van der Waals surface area (Å²) in [7, 11) is -5.17. The molecule has 0 bridgehead atoms. The second-order valence-electron chi connectivity index (χ2n) is 7.38. The molecular formula is C19H26F2O5S. The minimum Gasteiger partial charge on any atom is -0.380 e. The van der Waals surface area contributed by atoms with Crippen LogP contribution in [0.2, 0.25) is 0 Å². The molecule has 1 aromatic carbocycles. The lowest BCUT2D eigenvalue weighted by Crippen LogP contribution is -2.62. The van der Waals surface area contributed by atoms with Crippen LogP contribution in [0.1, 0.15) is 41.0 Å². The molecule has 1 aromatic rings. The van der Waals surface area contributed by atoms with E-state index < -0.39 is 50.0 Å². The Bertz CT molecular complexity index is 801. The zero-order chi connectivity index (χ0) is 20.7. The zero-order valence-corrected chi connectivity index (χ0v) is 16.9. The molecule has 5 nitrogen and oxygen atoms in total. The van der Waals surface area contributed by atoms with Crippen LogP contribution in [-0.2, 0) is 19.3 Å². The monoisotopic (exact) mass is 404 g/mol. The van der Waals surface area contributed by atoms with Crippen molar-refractivity contribution in [3.63, 3.8) is 0 Å². The standard InChI is InChI=1S/C19H26F2O5S/c1-6-18(22,16-15(12-13(2)3)25-17(4,5)26-16)19(20,21)27(23,24)14-10-8-7-9-11-14/h7-12,15-16,22H,6H2,1-5H3/t15-,16-,18+/m0/s1. The molecule has 0 unspecified atom stereocenters. The summed E-state index contributed by atoms with van der Waals surface area (Å²) >= 11 is 0. The van der Waals surface area contributed by atoms with Gasteiger partial charge in [-0.1, -0.05) is 36.8 Å². The summed E-state index contributed by atoms with van der Waals surface area (Å²) in [6.45, 7) is 7.84. The fourth-order valence-corrected chi connectivity index (χ4v) is 4.70. The van der Waals surface area contributed by atoms with Gasteiger partial charge in [0.15, 0.2) is 11.4 Å². The van der Waals surface area contributed by atoms with Crippen molar-refractivity contribution in [2.45, 2.75) is 74.8 Å². The molecule has 152 valence electrons. The smallest absolute Gasteiger partial charge is 0.380 e. The minimum absolute atomic E-state index is 0.552. The van der Waals surface area contributed by atoms with Crippen molar-refractivity contribution in [3.8, 4) is 0 Å². The Balaban J connectivity index is 2.58. The molecule has 0 aliphatic carbocycles. The van der Waals surface area contributed by atoms with E-state index in [1.54, 1.807) is 19.9 Å². The van der Waals surface area contributed by atoms with E-state index in [0.29, 0.717) is 0 Å². The van der Waals surface area contributed by atoms with Crippen LogP contribution < -0.4 is 0 Å². The summed E-state index contributed by atoms with van der Waals surface area (Å²) in [5.41, 5.74) is -2.23. The van der Waals surface area contributed by atoms with Gasteiger partial charge in [0, 0.05) is 0 Å². The van der Waals surface area contributed by atoms with Gasteiger partial charge >= 0.3 is 5.25 Å². The van der Waals surface area contributed by atoms with Crippen molar-refractivity contribution in [1.29, 1.82) is 0 Å². The number of halogens is 2. The lowest BCUT2D eigenvalue weighted by Gasteiger charge is -2.39. The number of sulfone groups is 1. The average Bonchev–Trinajstić information content (AvgIpc) is 2.88. The second kappa shape index (κ2) is 7.24. The number of benzene rings is 1. The van der Waals surface area contributed by atoms with E-state index in [1.165, 1.54) is 39.0 Å². The predicted molar refractivity (Wildman–Crippen MR) is 97.1 cm³/mol. The number of allylic oxidation sites excluding steroid dienone is 1. The lowest BCUT2D eigenvalue weighted by atomic mass is 9.89. The maximum Gasteiger partial charge on any atom is 0.380 e. The van der Waals surface area contributed by atoms with Gasteiger partial charge in [-0.05, 0) is 46.2 Å². The Kier molecular flexibility index (Phi) is 5.88. The van der Waals surface area contributed by atoms with Crippen LogP contribution in [0.25, 0.3) is 0 Å². The Hall–Kier alpha value is -1.35. The molecule has 0 amide bonds. The number of ether oxygens (including phenoxy) is 2. The van der Waals surface area contributed by atoms with Crippen LogP contribution in [0.3, 0.4) is 0 Å². The van der Waals surface area contributed by atoms with Crippen molar-refractivity contribution < 1.29 is 31.8 Å². The molecule has 2 rings (SSSR count). The second-order valence-corrected chi connectivity index (χ2v) is 9.37. The van der Waals surface area contributed by atoms with Crippen LogP contribution in [-0.4, -0.2) is 42.4 Å². The third-order valence-electron chi connectivity index (χ3n) is 4.53. The molecule has 0 radical (unpaired) electrons. The maximum absolute atomic E-state index is 15.4. The van der Waals surface area contributed by atoms with Crippen LogP contribution in [0.15, 0.2) is 46.9 Å². The molecule has 0 spiro atoms. The van der Waals surface area contributed by atoms with Gasteiger partial charge in [-0.25, -0.2) is 8.42 Å². The van der Waals surface area contributed by atoms with Gasteiger partial charge in [-0.3, -0.25) is 0 Å². The molecule has 1 saturated heterocycles. The molecule has 0 aromatic heterocycles. The van der Waals surface area contributed by atoms with E-state index in [2.05, 4.69) is 0 Å². The van der Waals surface area contributed by atoms with Crippen LogP contribution >= 0.6 is 0 Å². The average molecular weight is 404 g/mol. The summed E-state index contributed by atoms with van der Waals surface area (Å²) in [5, 5.41) is 6.49. The first-order chi connectivity index (χ1) is 12.3. The minimum atomic E-state index is -5.17. The fourth-order valence-electron chi connectivity index (χ4n) is 3.16. The SMILES string of the molecule is CC[C@@](O)([C@H]1OC(C)(C)O[C@H]1C=C(C)C)C(F)(F)S(=O)(=O)c1ccccc1. The van der Waals surface area contributed by atoms with Crippen LogP contribution in [0.5, 0.6) is 0 Å². The normalized spacial score (nSPS) is 25.0. The quantitative estimate of drug-likeness (QED) is 0.733. The van der Waals surface area contributed by atoms with E-state index >= 15 is 8.78 Å². The molecule has 1 aliphatic rings. The zero-order valence-electron chi connectivity index (χ0n) is 16.1. The van der Waals surface area contributed by atoms with Gasteiger partial charge < -0.3 is 14.6 Å². The summed E-state index contributed by atoms with van der Waals surface area (Å²) in [6, 6.07) is 6.35. The summed E-state index contributed by atoms with van der Waals surface area (Å²) < 4.78 is 67.3. The molecule has 27 heavy (non-hydrogen) atoms. The van der Waals surface area contributed by atoms with Gasteiger partial charge in [0.05, 0.1) is 4.90 Å². The van der Waals surface area contributed by atoms with Gasteiger partial charge in [-0.2, -0.15) is 8.78 Å². The Morgan fingerprint density at radius 1 is 1.22 bits per heavy atom. The fraction of sp³-hybridized carbons (Fsp3) is 0.579. The van der Waals surface area contributed by atoms with Crippen molar-refractivity contribution in [3.05, 3.63) is 42.0 Å². The molecular weight excluding hydrogens is 378 g/mol. The highest BCUT2D eigenvalue weighted by Crippen LogP contribution is 2.48. The molecule has 3 atom stereocenters. The van der Waals surface area contributed by atoms with Gasteiger partial charge in [0.25, 0.3) is 0 Å². The Labute approximate surface area is 158 Å². The van der Waals surface area contributed by atoms with Gasteiger partial charge in [-0.15, -0.1) is 0 Å². The van der Waals surface area contributed by atoms with Crippen molar-refractivity contribution in [1.82, 2.24) is 0 Å². The van der Waals surface area contributed by atoms with Crippen LogP contribution in [0, 0.1) is 0 Å². The Morgan fingerprint density at radius 2 is 1.78 bits per heavy atom. The highest BCUT2D eigenvalue weighted by molar-refractivity contribution is 7.92. The number of aliphatic hydroxyl groups is 1. The van der Waals surface area contributed by atoms with E-state index in [9.17, 15) is 13.5 Å². The first kappa shape index (κ1) is 21.9. The molecule has 1 heterocycles. The Morgan fingerprint density at radius 3 is 2.26 bits per heavy atom. The number of rotatable bonds is 6. The number of hydrogen-bond donors (Lipinski definition) is 1. The maximum atomic E-state index is 15.4. The lowest BCUT2D eigenvalue weighted by molar-refractivity contribution is -0.215. The first-order valence-corrected chi connectivity index (χ1v) is 10.2. The topological polar surface area (TPSA) is 72.8 Å². The first-order valence-electron chi connectivity index (χ1n) is 8.69. The number of alkyl halides is 2. The third-order valence-corrected chi connectivity index (χ3v) is 6.45. The third kappa shape index (κ3) is 3.81. The van der Waals surface area contributed by atoms with E-state index in [-0.39, 0.29) is 0 Å².